The van der Waals surface area contributed by atoms with Crippen LogP contribution in [0.4, 0.5) is 21.9 Å². The highest BCUT2D eigenvalue weighted by molar-refractivity contribution is 6.01. The van der Waals surface area contributed by atoms with Gasteiger partial charge in [-0.3, -0.25) is 4.79 Å². The normalized spacial score (nSPS) is 13.6. The van der Waals surface area contributed by atoms with E-state index in [1.54, 1.807) is 24.3 Å². The molecule has 2 N–H and O–H groups in total. The summed E-state index contributed by atoms with van der Waals surface area (Å²) in [6, 6.07) is 14.4. The predicted molar refractivity (Wildman–Crippen MR) is 97.0 cm³/mol. The summed E-state index contributed by atoms with van der Waals surface area (Å²) in [6.45, 7) is 3.70. The van der Waals surface area contributed by atoms with Crippen LogP contribution in [0.15, 0.2) is 48.5 Å². The largest absolute Gasteiger partial charge is 0.372 e. The highest BCUT2D eigenvalue weighted by atomic mass is 16.2. The number of nitrogens with zero attached hydrogens (tertiary/aromatic N) is 1. The number of carbonyl (C=O) groups excluding carboxylic acids is 2. The zero-order valence-corrected chi connectivity index (χ0v) is 13.7. The molecule has 2 aromatic carbocycles. The van der Waals surface area contributed by atoms with Crippen molar-refractivity contribution in [3.8, 4) is 0 Å². The molecule has 1 heterocycles. The van der Waals surface area contributed by atoms with Crippen molar-refractivity contribution in [2.45, 2.75) is 19.8 Å². The summed E-state index contributed by atoms with van der Waals surface area (Å²) in [5.41, 5.74) is 3.09. The number of benzene rings is 2. The number of urea groups is 1. The van der Waals surface area contributed by atoms with E-state index in [1.807, 2.05) is 24.3 Å². The van der Waals surface area contributed by atoms with Crippen LogP contribution in [0.25, 0.3) is 0 Å². The van der Waals surface area contributed by atoms with E-state index in [-0.39, 0.29) is 11.8 Å². The fraction of sp³-hybridized carbons (Fsp3) is 0.263. The van der Waals surface area contributed by atoms with Gasteiger partial charge in [-0.2, -0.15) is 0 Å². The summed E-state index contributed by atoms with van der Waals surface area (Å²) in [7, 11) is 0. The first-order valence-electron chi connectivity index (χ1n) is 8.16. The molecule has 0 aromatic heterocycles. The Morgan fingerprint density at radius 1 is 0.917 bits per heavy atom. The van der Waals surface area contributed by atoms with Crippen molar-refractivity contribution in [1.82, 2.24) is 0 Å². The average Bonchev–Trinajstić information content (AvgIpc) is 3.10. The van der Waals surface area contributed by atoms with Crippen molar-refractivity contribution in [3.05, 3.63) is 54.1 Å². The van der Waals surface area contributed by atoms with Crippen LogP contribution < -0.4 is 15.5 Å². The zero-order chi connectivity index (χ0) is 16.9. The molecule has 3 rings (SSSR count). The minimum atomic E-state index is -0.329. The van der Waals surface area contributed by atoms with E-state index in [1.165, 1.54) is 25.5 Å². The number of ketones is 1. The molecule has 0 unspecified atom stereocenters. The van der Waals surface area contributed by atoms with Crippen LogP contribution >= 0.6 is 0 Å². The fourth-order valence-corrected chi connectivity index (χ4v) is 2.84. The molecule has 5 heteroatoms. The lowest BCUT2D eigenvalue weighted by Crippen LogP contribution is -2.20. The topological polar surface area (TPSA) is 61.4 Å². The van der Waals surface area contributed by atoms with Gasteiger partial charge in [0.1, 0.15) is 0 Å². The van der Waals surface area contributed by atoms with Crippen molar-refractivity contribution >= 4 is 28.9 Å². The molecule has 2 amide bonds. The smallest absolute Gasteiger partial charge is 0.323 e. The molecule has 124 valence electrons. The third-order valence-corrected chi connectivity index (χ3v) is 4.12. The van der Waals surface area contributed by atoms with Crippen LogP contribution in [-0.4, -0.2) is 24.9 Å². The maximum absolute atomic E-state index is 12.1. The molecule has 1 fully saturated rings. The number of nitrogens with one attached hydrogen (secondary N) is 2. The van der Waals surface area contributed by atoms with Gasteiger partial charge in [0.05, 0.1) is 0 Å². The predicted octanol–water partition coefficient (Wildman–Crippen LogP) is 4.13. The van der Waals surface area contributed by atoms with Crippen LogP contribution in [0.2, 0.25) is 0 Å². The molecule has 0 saturated carbocycles. The molecule has 5 nitrogen and oxygen atoms in total. The van der Waals surface area contributed by atoms with Crippen molar-refractivity contribution in [2.75, 3.05) is 28.6 Å². The van der Waals surface area contributed by atoms with E-state index in [2.05, 4.69) is 15.5 Å². The summed E-state index contributed by atoms with van der Waals surface area (Å²) >= 11 is 0. The molecular formula is C19H21N3O2. The van der Waals surface area contributed by atoms with Crippen LogP contribution in [0, 0.1) is 0 Å². The van der Waals surface area contributed by atoms with Crippen molar-refractivity contribution in [2.24, 2.45) is 0 Å². The Morgan fingerprint density at radius 3 is 2.25 bits per heavy atom. The van der Waals surface area contributed by atoms with Gasteiger partial charge in [0.15, 0.2) is 5.78 Å². The van der Waals surface area contributed by atoms with Gasteiger partial charge in [-0.25, -0.2) is 4.79 Å². The van der Waals surface area contributed by atoms with Crippen LogP contribution in [0.1, 0.15) is 30.1 Å². The first kappa shape index (κ1) is 16.1. The Morgan fingerprint density at radius 2 is 1.58 bits per heavy atom. The zero-order valence-electron chi connectivity index (χ0n) is 13.7. The van der Waals surface area contributed by atoms with Gasteiger partial charge in [0.2, 0.25) is 0 Å². The second kappa shape index (κ2) is 7.17. The Balaban J connectivity index is 1.60. The lowest BCUT2D eigenvalue weighted by Gasteiger charge is -2.17. The highest BCUT2D eigenvalue weighted by Gasteiger charge is 2.12. The van der Waals surface area contributed by atoms with Gasteiger partial charge < -0.3 is 15.5 Å². The molecule has 0 bridgehead atoms. The number of Topliss-reactive ketones (excluding diaryl/α,β-unsaturated/α-hetero) is 1. The molecule has 24 heavy (non-hydrogen) atoms. The van der Waals surface area contributed by atoms with Gasteiger partial charge >= 0.3 is 6.03 Å². The van der Waals surface area contributed by atoms with Crippen molar-refractivity contribution in [1.29, 1.82) is 0 Å². The summed E-state index contributed by atoms with van der Waals surface area (Å²) in [5.74, 6) is -0.0310. The van der Waals surface area contributed by atoms with E-state index >= 15 is 0 Å². The summed E-state index contributed by atoms with van der Waals surface area (Å²) in [5, 5.41) is 5.55. The first-order valence-corrected chi connectivity index (χ1v) is 8.16. The Labute approximate surface area is 141 Å². The van der Waals surface area contributed by atoms with E-state index in [4.69, 9.17) is 0 Å². The van der Waals surface area contributed by atoms with Gasteiger partial charge in [0.25, 0.3) is 0 Å². The monoisotopic (exact) mass is 323 g/mol. The minimum Gasteiger partial charge on any atom is -0.372 e. The molecule has 1 aliphatic heterocycles. The Hall–Kier alpha value is -2.82. The molecule has 1 saturated heterocycles. The molecule has 0 radical (unpaired) electrons. The molecule has 0 spiro atoms. The third kappa shape index (κ3) is 3.93. The van der Waals surface area contributed by atoms with E-state index in [9.17, 15) is 9.59 Å². The minimum absolute atomic E-state index is 0.0310. The Kier molecular flexibility index (Phi) is 4.79. The van der Waals surface area contributed by atoms with Gasteiger partial charge in [0, 0.05) is 35.7 Å². The molecular weight excluding hydrogens is 302 g/mol. The molecule has 0 aliphatic carbocycles. The van der Waals surface area contributed by atoms with E-state index in [0.717, 1.165) is 18.8 Å². The molecule has 0 atom stereocenters. The summed E-state index contributed by atoms with van der Waals surface area (Å²) < 4.78 is 0. The second-order valence-electron chi connectivity index (χ2n) is 5.96. The van der Waals surface area contributed by atoms with Crippen molar-refractivity contribution < 1.29 is 9.59 Å². The standard InChI is InChI=1S/C19H21N3O2/c1-14(23)15-5-4-6-17(13-15)21-19(24)20-16-7-9-18(10-8-16)22-11-2-3-12-22/h4-10,13H,2-3,11-12H2,1H3,(H2,20,21,24). The van der Waals surface area contributed by atoms with Gasteiger partial charge in [-0.15, -0.1) is 0 Å². The van der Waals surface area contributed by atoms with Gasteiger partial charge in [-0.05, 0) is 56.2 Å². The quantitative estimate of drug-likeness (QED) is 0.832. The first-order chi connectivity index (χ1) is 11.6. The van der Waals surface area contributed by atoms with E-state index < -0.39 is 0 Å². The number of rotatable bonds is 4. The second-order valence-corrected chi connectivity index (χ2v) is 5.96. The molecule has 1 aliphatic rings. The maximum atomic E-state index is 12.1. The molecule has 2 aromatic rings. The number of hydrogen-bond acceptors (Lipinski definition) is 3. The van der Waals surface area contributed by atoms with Crippen LogP contribution in [0.3, 0.4) is 0 Å². The summed E-state index contributed by atoms with van der Waals surface area (Å²) in [4.78, 5) is 25.8. The average molecular weight is 323 g/mol. The number of hydrogen-bond donors (Lipinski definition) is 2. The van der Waals surface area contributed by atoms with Crippen molar-refractivity contribution in [3.63, 3.8) is 0 Å². The highest BCUT2D eigenvalue weighted by Crippen LogP contribution is 2.22. The van der Waals surface area contributed by atoms with E-state index in [0.29, 0.717) is 11.3 Å². The SMILES string of the molecule is CC(=O)c1cccc(NC(=O)Nc2ccc(N3CCCC3)cc2)c1. The maximum Gasteiger partial charge on any atom is 0.323 e. The number of anilines is 3. The Bertz CT molecular complexity index is 735. The third-order valence-electron chi connectivity index (χ3n) is 4.12. The van der Waals surface area contributed by atoms with Crippen LogP contribution in [0.5, 0.6) is 0 Å². The van der Waals surface area contributed by atoms with Gasteiger partial charge in [-0.1, -0.05) is 12.1 Å². The lowest BCUT2D eigenvalue weighted by atomic mass is 10.1. The fourth-order valence-electron chi connectivity index (χ4n) is 2.84. The number of amides is 2. The summed E-state index contributed by atoms with van der Waals surface area (Å²) in [6.07, 6.45) is 2.48. The number of carbonyl (C=O) groups is 2. The van der Waals surface area contributed by atoms with Crippen LogP contribution in [-0.2, 0) is 0 Å². The lowest BCUT2D eigenvalue weighted by molar-refractivity contribution is 0.101.